The maximum absolute atomic E-state index is 7.16. The summed E-state index contributed by atoms with van der Waals surface area (Å²) in [6.45, 7) is 5.57. The third-order valence-corrected chi connectivity index (χ3v) is 3.50. The number of nitrogens with two attached hydrogens (primary N) is 1. The molecule has 0 aromatic rings. The largest absolute Gasteiger partial charge is 0.388 e. The normalized spacial score (nSPS) is 25.5. The van der Waals surface area contributed by atoms with E-state index in [0.717, 1.165) is 25.4 Å². The predicted molar refractivity (Wildman–Crippen MR) is 59.5 cm³/mol. The van der Waals surface area contributed by atoms with Crippen LogP contribution in [-0.4, -0.2) is 41.9 Å². The van der Waals surface area contributed by atoms with Crippen LogP contribution in [0.3, 0.4) is 0 Å². The fourth-order valence-electron chi connectivity index (χ4n) is 1.54. The average molecular weight is 201 g/mol. The number of nitrogens with zero attached hydrogens (tertiary/aromatic N) is 1. The van der Waals surface area contributed by atoms with Crippen molar-refractivity contribution in [2.24, 2.45) is 11.7 Å². The Hall–Kier alpha value is -0.220. The fourth-order valence-corrected chi connectivity index (χ4v) is 2.61. The summed E-state index contributed by atoms with van der Waals surface area (Å²) in [7, 11) is 0. The van der Waals surface area contributed by atoms with Crippen LogP contribution in [0.1, 0.15) is 13.3 Å². The van der Waals surface area contributed by atoms with E-state index in [4.69, 9.17) is 11.1 Å². The lowest BCUT2D eigenvalue weighted by Crippen LogP contribution is -2.32. The zero-order valence-corrected chi connectivity index (χ0v) is 9.07. The maximum atomic E-state index is 7.16. The zero-order chi connectivity index (χ0) is 9.68. The molecule has 1 heterocycles. The molecule has 0 aliphatic carbocycles. The molecule has 0 spiro atoms. The lowest BCUT2D eigenvalue weighted by atomic mass is 10.2. The van der Waals surface area contributed by atoms with Crippen molar-refractivity contribution >= 4 is 17.6 Å². The second kappa shape index (κ2) is 5.50. The molecule has 3 N–H and O–H groups in total. The van der Waals surface area contributed by atoms with Crippen molar-refractivity contribution in [3.63, 3.8) is 0 Å². The Kier molecular flexibility index (Phi) is 4.59. The number of amidine groups is 1. The van der Waals surface area contributed by atoms with Crippen LogP contribution in [0.25, 0.3) is 0 Å². The number of hydrogen-bond acceptors (Lipinski definition) is 3. The van der Waals surface area contributed by atoms with Crippen molar-refractivity contribution in [1.29, 1.82) is 5.41 Å². The number of rotatable bonds is 3. The van der Waals surface area contributed by atoms with Crippen molar-refractivity contribution in [3.8, 4) is 0 Å². The molecule has 1 rings (SSSR count). The third kappa shape index (κ3) is 4.52. The molecule has 1 saturated heterocycles. The van der Waals surface area contributed by atoms with E-state index < -0.39 is 0 Å². The first kappa shape index (κ1) is 10.9. The van der Waals surface area contributed by atoms with Crippen molar-refractivity contribution in [3.05, 3.63) is 0 Å². The summed E-state index contributed by atoms with van der Waals surface area (Å²) in [5.74, 6) is 3.59. The Labute approximate surface area is 84.6 Å². The molecule has 1 aliphatic heterocycles. The van der Waals surface area contributed by atoms with E-state index in [9.17, 15) is 0 Å². The molecule has 1 unspecified atom stereocenters. The van der Waals surface area contributed by atoms with Crippen LogP contribution in [0.15, 0.2) is 0 Å². The van der Waals surface area contributed by atoms with Gasteiger partial charge in [0.1, 0.15) is 0 Å². The first-order chi connectivity index (χ1) is 6.18. The quantitative estimate of drug-likeness (QED) is 0.529. The second-order valence-corrected chi connectivity index (χ2v) is 4.91. The lowest BCUT2D eigenvalue weighted by Gasteiger charge is -2.21. The molecule has 0 saturated carbocycles. The molecule has 76 valence electrons. The Morgan fingerprint density at radius 2 is 2.46 bits per heavy atom. The minimum absolute atomic E-state index is 0.310. The summed E-state index contributed by atoms with van der Waals surface area (Å²) in [5, 5.41) is 7.16. The fraction of sp³-hybridized carbons (Fsp3) is 0.889. The maximum Gasteiger partial charge on any atom is 0.0918 e. The molecule has 0 aromatic carbocycles. The first-order valence-corrected chi connectivity index (χ1v) is 5.97. The summed E-state index contributed by atoms with van der Waals surface area (Å²) in [6, 6.07) is 0. The highest BCUT2D eigenvalue weighted by atomic mass is 32.2. The SMILES string of the molecule is CC1CSCCN(CCC(=N)N)C1. The van der Waals surface area contributed by atoms with Gasteiger partial charge in [0.25, 0.3) is 0 Å². The lowest BCUT2D eigenvalue weighted by molar-refractivity contribution is 0.272. The number of nitrogens with one attached hydrogen (secondary N) is 1. The molecule has 0 bridgehead atoms. The van der Waals surface area contributed by atoms with Crippen LogP contribution in [0.5, 0.6) is 0 Å². The Morgan fingerprint density at radius 3 is 3.15 bits per heavy atom. The van der Waals surface area contributed by atoms with Gasteiger partial charge in [0.2, 0.25) is 0 Å². The standard InChI is InChI=1S/C9H19N3S/c1-8-6-12(3-2-9(10)11)4-5-13-7-8/h8H,2-7H2,1H3,(H3,10,11). The average Bonchev–Trinajstić information content (AvgIpc) is 2.26. The summed E-state index contributed by atoms with van der Waals surface area (Å²) >= 11 is 2.04. The smallest absolute Gasteiger partial charge is 0.0918 e. The Bertz CT molecular complexity index is 172. The molecule has 1 aliphatic rings. The third-order valence-electron chi connectivity index (χ3n) is 2.22. The van der Waals surface area contributed by atoms with Gasteiger partial charge in [-0.3, -0.25) is 5.41 Å². The minimum atomic E-state index is 0.310. The molecular formula is C9H19N3S. The second-order valence-electron chi connectivity index (χ2n) is 3.76. The van der Waals surface area contributed by atoms with Gasteiger partial charge in [-0.2, -0.15) is 11.8 Å². The molecule has 0 aromatic heterocycles. The summed E-state index contributed by atoms with van der Waals surface area (Å²) in [6.07, 6.45) is 0.720. The van der Waals surface area contributed by atoms with Gasteiger partial charge < -0.3 is 10.6 Å². The number of hydrogen-bond donors (Lipinski definition) is 2. The summed E-state index contributed by atoms with van der Waals surface area (Å²) in [5.41, 5.74) is 5.33. The van der Waals surface area contributed by atoms with Crippen molar-refractivity contribution in [2.45, 2.75) is 13.3 Å². The predicted octanol–water partition coefficient (Wildman–Crippen LogP) is 0.997. The van der Waals surface area contributed by atoms with Crippen molar-refractivity contribution < 1.29 is 0 Å². The molecule has 1 atom stereocenters. The van der Waals surface area contributed by atoms with Crippen molar-refractivity contribution in [2.75, 3.05) is 31.1 Å². The zero-order valence-electron chi connectivity index (χ0n) is 8.25. The Balaban J connectivity index is 2.26. The molecule has 0 radical (unpaired) electrons. The van der Waals surface area contributed by atoms with E-state index in [2.05, 4.69) is 11.8 Å². The summed E-state index contributed by atoms with van der Waals surface area (Å²) < 4.78 is 0. The van der Waals surface area contributed by atoms with Crippen LogP contribution in [-0.2, 0) is 0 Å². The van der Waals surface area contributed by atoms with Crippen LogP contribution in [0.2, 0.25) is 0 Å². The van der Waals surface area contributed by atoms with Crippen LogP contribution in [0, 0.1) is 11.3 Å². The monoisotopic (exact) mass is 201 g/mol. The van der Waals surface area contributed by atoms with Gasteiger partial charge in [0.15, 0.2) is 0 Å². The Morgan fingerprint density at radius 1 is 1.69 bits per heavy atom. The molecule has 4 heteroatoms. The van der Waals surface area contributed by atoms with Crippen LogP contribution in [0.4, 0.5) is 0 Å². The van der Waals surface area contributed by atoms with Crippen LogP contribution >= 0.6 is 11.8 Å². The van der Waals surface area contributed by atoms with E-state index in [1.165, 1.54) is 18.1 Å². The number of thioether (sulfide) groups is 1. The highest BCUT2D eigenvalue weighted by Crippen LogP contribution is 2.15. The highest BCUT2D eigenvalue weighted by molar-refractivity contribution is 7.99. The minimum Gasteiger partial charge on any atom is -0.388 e. The molecule has 0 amide bonds. The summed E-state index contributed by atoms with van der Waals surface area (Å²) in [4.78, 5) is 2.42. The molecular weight excluding hydrogens is 182 g/mol. The van der Waals surface area contributed by atoms with Gasteiger partial charge >= 0.3 is 0 Å². The van der Waals surface area contributed by atoms with Gasteiger partial charge in [-0.15, -0.1) is 0 Å². The van der Waals surface area contributed by atoms with Gasteiger partial charge in [0, 0.05) is 31.8 Å². The van der Waals surface area contributed by atoms with Gasteiger partial charge in [-0.25, -0.2) is 0 Å². The van der Waals surface area contributed by atoms with Gasteiger partial charge in [0.05, 0.1) is 5.84 Å². The van der Waals surface area contributed by atoms with Crippen LogP contribution < -0.4 is 5.73 Å². The van der Waals surface area contributed by atoms with E-state index >= 15 is 0 Å². The van der Waals surface area contributed by atoms with Gasteiger partial charge in [-0.1, -0.05) is 6.92 Å². The topological polar surface area (TPSA) is 53.1 Å². The van der Waals surface area contributed by atoms with E-state index in [1.54, 1.807) is 0 Å². The van der Waals surface area contributed by atoms with E-state index in [0.29, 0.717) is 5.84 Å². The molecule has 13 heavy (non-hydrogen) atoms. The highest BCUT2D eigenvalue weighted by Gasteiger charge is 2.14. The van der Waals surface area contributed by atoms with Gasteiger partial charge in [-0.05, 0) is 11.7 Å². The van der Waals surface area contributed by atoms with E-state index in [-0.39, 0.29) is 0 Å². The van der Waals surface area contributed by atoms with E-state index in [1.807, 2.05) is 11.8 Å². The first-order valence-electron chi connectivity index (χ1n) is 4.81. The molecule has 1 fully saturated rings. The molecule has 3 nitrogen and oxygen atoms in total. The van der Waals surface area contributed by atoms with Crippen molar-refractivity contribution in [1.82, 2.24) is 4.90 Å².